The van der Waals surface area contributed by atoms with Gasteiger partial charge in [0, 0.05) is 13.0 Å². The smallest absolute Gasteiger partial charge is 0.234 e. The predicted octanol–water partition coefficient (Wildman–Crippen LogP) is 3.11. The number of rotatable bonds is 7. The molecular formula is C14H24N2O3. The molecule has 0 aliphatic carbocycles. The van der Waals surface area contributed by atoms with E-state index in [1.807, 2.05) is 13.8 Å². The van der Waals surface area contributed by atoms with Gasteiger partial charge in [-0.3, -0.25) is 4.79 Å². The quantitative estimate of drug-likeness (QED) is 0.760. The number of ether oxygens (including phenoxy) is 1. The average Bonchev–Trinajstić information content (AvgIpc) is 2.72. The van der Waals surface area contributed by atoms with Crippen molar-refractivity contribution >= 4 is 5.78 Å². The highest BCUT2D eigenvalue weighted by molar-refractivity contribution is 5.79. The number of ketones is 1. The molecule has 0 saturated carbocycles. The maximum absolute atomic E-state index is 11.6. The standard InChI is InChI=1S/C14H24N2O3/c1-6-8-10(17)9-11-15-13(16-19-11)12(18-7-2)14(3,4)5/h12H,6-9H2,1-5H3. The fourth-order valence-electron chi connectivity index (χ4n) is 1.86. The van der Waals surface area contributed by atoms with E-state index in [-0.39, 0.29) is 23.7 Å². The summed E-state index contributed by atoms with van der Waals surface area (Å²) in [7, 11) is 0. The number of carbonyl (C=O) groups is 1. The first-order valence-electron chi connectivity index (χ1n) is 6.84. The number of hydrogen-bond acceptors (Lipinski definition) is 5. The van der Waals surface area contributed by atoms with Crippen LogP contribution in [0.5, 0.6) is 0 Å². The van der Waals surface area contributed by atoms with Crippen molar-refractivity contribution in [1.82, 2.24) is 10.1 Å². The SMILES string of the molecule is CCCC(=O)Cc1nc(C(OCC)C(C)(C)C)no1. The fourth-order valence-corrected chi connectivity index (χ4v) is 1.86. The molecule has 5 heteroatoms. The average molecular weight is 268 g/mol. The Balaban J connectivity index is 2.79. The second kappa shape index (κ2) is 6.80. The number of nitrogens with zero attached hydrogens (tertiary/aromatic N) is 2. The zero-order chi connectivity index (χ0) is 14.5. The van der Waals surface area contributed by atoms with E-state index in [9.17, 15) is 4.79 Å². The third kappa shape index (κ3) is 4.74. The molecule has 108 valence electrons. The van der Waals surface area contributed by atoms with Crippen LogP contribution in [-0.2, 0) is 16.0 Å². The van der Waals surface area contributed by atoms with Gasteiger partial charge in [0.05, 0.1) is 6.42 Å². The van der Waals surface area contributed by atoms with Crippen LogP contribution in [0.25, 0.3) is 0 Å². The maximum atomic E-state index is 11.6. The lowest BCUT2D eigenvalue weighted by Gasteiger charge is -2.27. The van der Waals surface area contributed by atoms with Crippen molar-refractivity contribution in [3.63, 3.8) is 0 Å². The first-order valence-corrected chi connectivity index (χ1v) is 6.84. The first-order chi connectivity index (χ1) is 8.88. The van der Waals surface area contributed by atoms with Crippen molar-refractivity contribution in [3.05, 3.63) is 11.7 Å². The van der Waals surface area contributed by atoms with E-state index in [2.05, 4.69) is 30.9 Å². The van der Waals surface area contributed by atoms with Gasteiger partial charge in [0.1, 0.15) is 11.9 Å². The molecule has 1 unspecified atom stereocenters. The minimum absolute atomic E-state index is 0.120. The topological polar surface area (TPSA) is 65.2 Å². The summed E-state index contributed by atoms with van der Waals surface area (Å²) in [4.78, 5) is 15.8. The monoisotopic (exact) mass is 268 g/mol. The molecule has 1 atom stereocenters. The lowest BCUT2D eigenvalue weighted by molar-refractivity contribution is -0.118. The molecule has 1 aromatic rings. The molecule has 0 saturated heterocycles. The molecule has 1 heterocycles. The lowest BCUT2D eigenvalue weighted by Crippen LogP contribution is -2.22. The second-order valence-corrected chi connectivity index (χ2v) is 5.71. The van der Waals surface area contributed by atoms with Gasteiger partial charge in [0.15, 0.2) is 0 Å². The zero-order valence-corrected chi connectivity index (χ0v) is 12.5. The maximum Gasteiger partial charge on any atom is 0.234 e. The molecule has 0 fully saturated rings. The van der Waals surface area contributed by atoms with Crippen molar-refractivity contribution in [3.8, 4) is 0 Å². The van der Waals surface area contributed by atoms with Gasteiger partial charge < -0.3 is 9.26 Å². The van der Waals surface area contributed by atoms with Crippen LogP contribution in [-0.4, -0.2) is 22.5 Å². The number of Topliss-reactive ketones (excluding diaryl/α,β-unsaturated/α-hetero) is 1. The predicted molar refractivity (Wildman–Crippen MR) is 71.7 cm³/mol. The van der Waals surface area contributed by atoms with Crippen LogP contribution in [0.15, 0.2) is 4.52 Å². The van der Waals surface area contributed by atoms with Crippen LogP contribution in [0.2, 0.25) is 0 Å². The van der Waals surface area contributed by atoms with Gasteiger partial charge in [-0.25, -0.2) is 0 Å². The number of aromatic nitrogens is 2. The van der Waals surface area contributed by atoms with Gasteiger partial charge in [-0.15, -0.1) is 0 Å². The summed E-state index contributed by atoms with van der Waals surface area (Å²) in [6.45, 7) is 10.7. The molecule has 0 bridgehead atoms. The van der Waals surface area contributed by atoms with E-state index in [1.54, 1.807) is 0 Å². The molecule has 0 spiro atoms. The Labute approximate surface area is 114 Å². The summed E-state index contributed by atoms with van der Waals surface area (Å²) in [6.07, 6.45) is 1.37. The van der Waals surface area contributed by atoms with Crippen molar-refractivity contribution < 1.29 is 14.1 Å². The van der Waals surface area contributed by atoms with E-state index >= 15 is 0 Å². The van der Waals surface area contributed by atoms with E-state index in [0.717, 1.165) is 6.42 Å². The van der Waals surface area contributed by atoms with Crippen LogP contribution in [0.3, 0.4) is 0 Å². The van der Waals surface area contributed by atoms with Crippen molar-refractivity contribution in [2.75, 3.05) is 6.61 Å². The molecule has 0 aromatic carbocycles. The van der Waals surface area contributed by atoms with Crippen LogP contribution in [0.1, 0.15) is 65.3 Å². The molecule has 1 aromatic heterocycles. The van der Waals surface area contributed by atoms with Crippen molar-refractivity contribution in [2.45, 2.75) is 60.0 Å². The molecule has 19 heavy (non-hydrogen) atoms. The highest BCUT2D eigenvalue weighted by atomic mass is 16.5. The Bertz CT molecular complexity index is 407. The summed E-state index contributed by atoms with van der Waals surface area (Å²) in [6, 6.07) is 0. The summed E-state index contributed by atoms with van der Waals surface area (Å²) in [5.74, 6) is 1.03. The molecule has 0 N–H and O–H groups in total. The van der Waals surface area contributed by atoms with Gasteiger partial charge in [-0.1, -0.05) is 32.9 Å². The van der Waals surface area contributed by atoms with E-state index in [4.69, 9.17) is 9.26 Å². The molecule has 0 aliphatic rings. The highest BCUT2D eigenvalue weighted by Gasteiger charge is 2.31. The van der Waals surface area contributed by atoms with Gasteiger partial charge in [0.25, 0.3) is 0 Å². The van der Waals surface area contributed by atoms with Crippen LogP contribution >= 0.6 is 0 Å². The van der Waals surface area contributed by atoms with Gasteiger partial charge in [-0.05, 0) is 18.8 Å². The largest absolute Gasteiger partial charge is 0.370 e. The van der Waals surface area contributed by atoms with Gasteiger partial charge >= 0.3 is 0 Å². The zero-order valence-electron chi connectivity index (χ0n) is 12.5. The molecular weight excluding hydrogens is 244 g/mol. The third-order valence-electron chi connectivity index (χ3n) is 2.72. The van der Waals surface area contributed by atoms with E-state index in [0.29, 0.717) is 24.7 Å². The summed E-state index contributed by atoms with van der Waals surface area (Å²) in [5.41, 5.74) is -0.120. The Morgan fingerprint density at radius 1 is 1.37 bits per heavy atom. The molecule has 0 aliphatic heterocycles. The fraction of sp³-hybridized carbons (Fsp3) is 0.786. The minimum Gasteiger partial charge on any atom is -0.370 e. The minimum atomic E-state index is -0.226. The summed E-state index contributed by atoms with van der Waals surface area (Å²) < 4.78 is 10.8. The highest BCUT2D eigenvalue weighted by Crippen LogP contribution is 2.34. The summed E-state index contributed by atoms with van der Waals surface area (Å²) >= 11 is 0. The molecule has 0 amide bonds. The molecule has 1 rings (SSSR count). The summed E-state index contributed by atoms with van der Waals surface area (Å²) in [5, 5.41) is 3.95. The van der Waals surface area contributed by atoms with E-state index in [1.165, 1.54) is 0 Å². The first kappa shape index (κ1) is 15.8. The lowest BCUT2D eigenvalue weighted by atomic mass is 9.88. The third-order valence-corrected chi connectivity index (χ3v) is 2.72. The second-order valence-electron chi connectivity index (χ2n) is 5.71. The van der Waals surface area contributed by atoms with Crippen molar-refractivity contribution in [2.24, 2.45) is 5.41 Å². The van der Waals surface area contributed by atoms with Gasteiger partial charge in [-0.2, -0.15) is 4.98 Å². The Hall–Kier alpha value is -1.23. The number of hydrogen-bond donors (Lipinski definition) is 0. The van der Waals surface area contributed by atoms with Crippen LogP contribution in [0.4, 0.5) is 0 Å². The molecule has 0 radical (unpaired) electrons. The normalized spacial score (nSPS) is 13.5. The Kier molecular flexibility index (Phi) is 5.66. The molecule has 5 nitrogen and oxygen atoms in total. The van der Waals surface area contributed by atoms with Crippen LogP contribution in [0, 0.1) is 5.41 Å². The van der Waals surface area contributed by atoms with Crippen LogP contribution < -0.4 is 0 Å². The number of carbonyl (C=O) groups excluding carboxylic acids is 1. The van der Waals surface area contributed by atoms with Gasteiger partial charge in [0.2, 0.25) is 11.7 Å². The Morgan fingerprint density at radius 2 is 2.05 bits per heavy atom. The van der Waals surface area contributed by atoms with Crippen molar-refractivity contribution in [1.29, 1.82) is 0 Å². The Morgan fingerprint density at radius 3 is 2.58 bits per heavy atom. The van der Waals surface area contributed by atoms with E-state index < -0.39 is 0 Å².